The van der Waals surface area contributed by atoms with Crippen molar-refractivity contribution in [2.45, 2.75) is 45.1 Å². The van der Waals surface area contributed by atoms with Gasteiger partial charge in [-0.25, -0.2) is 0 Å². The van der Waals surface area contributed by atoms with Crippen molar-refractivity contribution in [1.82, 2.24) is 4.98 Å². The van der Waals surface area contributed by atoms with Gasteiger partial charge in [0, 0.05) is 22.7 Å². The molecule has 1 heterocycles. The number of hydrogen-bond donors (Lipinski definition) is 1. The number of ketones is 1. The lowest BCUT2D eigenvalue weighted by atomic mass is 9.89. The van der Waals surface area contributed by atoms with Crippen LogP contribution in [0.4, 0.5) is 0 Å². The molecule has 2 aromatic rings. The molecule has 4 heteroatoms. The van der Waals surface area contributed by atoms with E-state index in [9.17, 15) is 9.59 Å². The maximum Gasteiger partial charge on any atom is 0.309 e. The van der Waals surface area contributed by atoms with E-state index in [-0.39, 0.29) is 17.7 Å². The molecule has 0 spiro atoms. The van der Waals surface area contributed by atoms with Gasteiger partial charge in [-0.3, -0.25) is 9.59 Å². The third kappa shape index (κ3) is 2.91. The highest BCUT2D eigenvalue weighted by atomic mass is 16.5. The van der Waals surface area contributed by atoms with Crippen molar-refractivity contribution in [3.05, 3.63) is 36.0 Å². The first-order valence-corrected chi connectivity index (χ1v) is 7.97. The van der Waals surface area contributed by atoms with Crippen LogP contribution in [0.1, 0.15) is 49.4 Å². The molecular weight excluding hydrogens is 278 g/mol. The normalized spacial score (nSPS) is 17.3. The van der Waals surface area contributed by atoms with Crippen molar-refractivity contribution >= 4 is 22.7 Å². The number of carbonyl (C=O) groups is 2. The summed E-state index contributed by atoms with van der Waals surface area (Å²) >= 11 is 0. The quantitative estimate of drug-likeness (QED) is 0.689. The average Bonchev–Trinajstić information content (AvgIpc) is 2.99. The summed E-state index contributed by atoms with van der Waals surface area (Å²) in [5, 5.41) is 0.869. The number of carbonyl (C=O) groups excluding carboxylic acids is 2. The van der Waals surface area contributed by atoms with Crippen LogP contribution in [-0.2, 0) is 9.53 Å². The van der Waals surface area contributed by atoms with Gasteiger partial charge < -0.3 is 9.72 Å². The second kappa shape index (κ2) is 6.34. The molecule has 3 rings (SSSR count). The Bertz CT molecular complexity index is 682. The van der Waals surface area contributed by atoms with Crippen LogP contribution in [0.15, 0.2) is 30.5 Å². The van der Waals surface area contributed by atoms with Gasteiger partial charge in [0.1, 0.15) is 0 Å². The van der Waals surface area contributed by atoms with Crippen molar-refractivity contribution in [3.8, 4) is 0 Å². The van der Waals surface area contributed by atoms with Gasteiger partial charge in [-0.15, -0.1) is 0 Å². The van der Waals surface area contributed by atoms with E-state index in [0.717, 1.165) is 36.6 Å². The van der Waals surface area contributed by atoms with Crippen LogP contribution in [0.3, 0.4) is 0 Å². The van der Waals surface area contributed by atoms with E-state index in [1.165, 1.54) is 6.42 Å². The zero-order chi connectivity index (χ0) is 15.5. The highest BCUT2D eigenvalue weighted by Gasteiger charge is 2.27. The Morgan fingerprint density at radius 3 is 2.68 bits per heavy atom. The molecule has 1 aliphatic rings. The number of nitrogens with one attached hydrogen (secondary N) is 1. The topological polar surface area (TPSA) is 59.2 Å². The molecule has 1 N–H and O–H groups in total. The molecule has 0 amide bonds. The zero-order valence-electron chi connectivity index (χ0n) is 12.8. The summed E-state index contributed by atoms with van der Waals surface area (Å²) in [6.07, 6.45) is 6.05. The molecule has 1 fully saturated rings. The Morgan fingerprint density at radius 2 is 1.91 bits per heavy atom. The Labute approximate surface area is 129 Å². The van der Waals surface area contributed by atoms with Crippen molar-refractivity contribution in [1.29, 1.82) is 0 Å². The fraction of sp³-hybridized carbons (Fsp3) is 0.444. The number of para-hydroxylation sites is 1. The van der Waals surface area contributed by atoms with Gasteiger partial charge in [0.15, 0.2) is 6.10 Å². The lowest BCUT2D eigenvalue weighted by Crippen LogP contribution is -2.29. The van der Waals surface area contributed by atoms with Crippen molar-refractivity contribution in [3.63, 3.8) is 0 Å². The van der Waals surface area contributed by atoms with Crippen molar-refractivity contribution < 1.29 is 14.3 Å². The number of fused-ring (bicyclic) bond motifs is 1. The molecular formula is C18H21NO3. The second-order valence-electron chi connectivity index (χ2n) is 6.03. The van der Waals surface area contributed by atoms with Gasteiger partial charge in [-0.1, -0.05) is 37.5 Å². The van der Waals surface area contributed by atoms with Gasteiger partial charge >= 0.3 is 5.97 Å². The van der Waals surface area contributed by atoms with Crippen LogP contribution in [0.25, 0.3) is 10.9 Å². The number of aromatic nitrogens is 1. The fourth-order valence-electron chi connectivity index (χ4n) is 3.16. The minimum Gasteiger partial charge on any atom is -0.454 e. The predicted octanol–water partition coefficient (Wildman–Crippen LogP) is 3.86. The number of Topliss-reactive ketones (excluding diaryl/α,β-unsaturated/α-hetero) is 1. The molecule has 1 aliphatic carbocycles. The molecule has 4 nitrogen and oxygen atoms in total. The molecule has 0 radical (unpaired) electrons. The van der Waals surface area contributed by atoms with Crippen LogP contribution >= 0.6 is 0 Å². The fourth-order valence-corrected chi connectivity index (χ4v) is 3.16. The number of esters is 1. The molecule has 0 unspecified atom stereocenters. The molecule has 1 saturated carbocycles. The first kappa shape index (κ1) is 14.8. The molecule has 1 aromatic carbocycles. The Hall–Kier alpha value is -2.10. The van der Waals surface area contributed by atoms with Crippen LogP contribution in [0.2, 0.25) is 0 Å². The van der Waals surface area contributed by atoms with Crippen LogP contribution in [-0.4, -0.2) is 22.8 Å². The van der Waals surface area contributed by atoms with Gasteiger partial charge in [0.25, 0.3) is 0 Å². The van der Waals surface area contributed by atoms with Gasteiger partial charge in [0.2, 0.25) is 5.78 Å². The molecule has 116 valence electrons. The van der Waals surface area contributed by atoms with Crippen LogP contribution in [0, 0.1) is 5.92 Å². The highest BCUT2D eigenvalue weighted by molar-refractivity contribution is 6.10. The number of ether oxygens (including phenoxy) is 1. The maximum atomic E-state index is 12.5. The summed E-state index contributed by atoms with van der Waals surface area (Å²) in [6.45, 7) is 1.66. The van der Waals surface area contributed by atoms with Gasteiger partial charge in [-0.2, -0.15) is 0 Å². The number of benzene rings is 1. The molecule has 0 bridgehead atoms. The van der Waals surface area contributed by atoms with Gasteiger partial charge in [-0.05, 0) is 25.8 Å². The summed E-state index contributed by atoms with van der Waals surface area (Å²) in [4.78, 5) is 27.8. The Balaban J connectivity index is 1.70. The van der Waals surface area contributed by atoms with E-state index in [4.69, 9.17) is 4.74 Å². The van der Waals surface area contributed by atoms with E-state index in [1.54, 1.807) is 13.1 Å². The predicted molar refractivity (Wildman–Crippen MR) is 84.8 cm³/mol. The van der Waals surface area contributed by atoms with E-state index < -0.39 is 6.10 Å². The van der Waals surface area contributed by atoms with Crippen LogP contribution < -0.4 is 0 Å². The van der Waals surface area contributed by atoms with Crippen LogP contribution in [0.5, 0.6) is 0 Å². The minimum absolute atomic E-state index is 0.0352. The third-order valence-electron chi connectivity index (χ3n) is 4.46. The van der Waals surface area contributed by atoms with E-state index in [0.29, 0.717) is 5.56 Å². The number of rotatable bonds is 4. The summed E-state index contributed by atoms with van der Waals surface area (Å²) in [7, 11) is 0. The molecule has 1 atom stereocenters. The van der Waals surface area contributed by atoms with E-state index >= 15 is 0 Å². The summed E-state index contributed by atoms with van der Waals surface area (Å²) in [5.74, 6) is -0.408. The first-order valence-electron chi connectivity index (χ1n) is 7.97. The average molecular weight is 299 g/mol. The van der Waals surface area contributed by atoms with Crippen molar-refractivity contribution in [2.24, 2.45) is 5.92 Å². The summed E-state index contributed by atoms with van der Waals surface area (Å²) in [5.41, 5.74) is 1.50. The standard InChI is InChI=1S/C18H21NO3/c1-12(22-18(21)13-7-3-2-4-8-13)17(20)15-11-19-16-10-6-5-9-14(15)16/h5-6,9-13,19H,2-4,7-8H2,1H3/t12-/m0/s1. The number of H-pyrrole nitrogens is 1. The molecule has 1 aromatic heterocycles. The lowest BCUT2D eigenvalue weighted by Gasteiger charge is -2.21. The first-order chi connectivity index (χ1) is 10.7. The molecule has 22 heavy (non-hydrogen) atoms. The number of hydrogen-bond acceptors (Lipinski definition) is 3. The summed E-state index contributed by atoms with van der Waals surface area (Å²) < 4.78 is 5.42. The monoisotopic (exact) mass is 299 g/mol. The second-order valence-corrected chi connectivity index (χ2v) is 6.03. The SMILES string of the molecule is C[C@H](OC(=O)C1CCCCC1)C(=O)c1c[nH]c2ccccc12. The Morgan fingerprint density at radius 1 is 1.18 bits per heavy atom. The largest absolute Gasteiger partial charge is 0.454 e. The smallest absolute Gasteiger partial charge is 0.309 e. The van der Waals surface area contributed by atoms with Crippen molar-refractivity contribution in [2.75, 3.05) is 0 Å². The Kier molecular flexibility index (Phi) is 4.27. The third-order valence-corrected chi connectivity index (χ3v) is 4.46. The lowest BCUT2D eigenvalue weighted by molar-refractivity contribution is -0.152. The van der Waals surface area contributed by atoms with Gasteiger partial charge in [0.05, 0.1) is 5.92 Å². The zero-order valence-corrected chi connectivity index (χ0v) is 12.8. The highest BCUT2D eigenvalue weighted by Crippen LogP contribution is 2.26. The van der Waals surface area contributed by atoms with E-state index in [1.807, 2.05) is 24.3 Å². The number of aromatic amines is 1. The molecule has 0 aliphatic heterocycles. The van der Waals surface area contributed by atoms with E-state index in [2.05, 4.69) is 4.98 Å². The maximum absolute atomic E-state index is 12.5. The minimum atomic E-state index is -0.742. The molecule has 0 saturated heterocycles. The summed E-state index contributed by atoms with van der Waals surface area (Å²) in [6, 6.07) is 7.63.